The fourth-order valence-corrected chi connectivity index (χ4v) is 2.82. The molecule has 0 radical (unpaired) electrons. The fraction of sp³-hybridized carbons (Fsp3) is 0.643. The zero-order chi connectivity index (χ0) is 14.8. The number of amides is 2. The van der Waals surface area contributed by atoms with Crippen molar-refractivity contribution in [3.05, 3.63) is 17.5 Å². The second-order valence-corrected chi connectivity index (χ2v) is 5.49. The van der Waals surface area contributed by atoms with Gasteiger partial charge in [-0.05, 0) is 12.8 Å². The van der Waals surface area contributed by atoms with E-state index in [2.05, 4.69) is 10.5 Å². The van der Waals surface area contributed by atoms with E-state index >= 15 is 0 Å². The average Bonchev–Trinajstić information content (AvgIpc) is 2.94. The number of nitrogens with zero attached hydrogens (tertiary/aromatic N) is 2. The molecule has 0 aliphatic carbocycles. The van der Waals surface area contributed by atoms with Crippen LogP contribution in [0, 0.1) is 0 Å². The van der Waals surface area contributed by atoms with Crippen LogP contribution in [0.5, 0.6) is 0 Å². The van der Waals surface area contributed by atoms with E-state index in [1.165, 1.54) is 0 Å². The molecule has 1 aromatic heterocycles. The van der Waals surface area contributed by atoms with Crippen LogP contribution in [-0.2, 0) is 16.0 Å². The van der Waals surface area contributed by atoms with Crippen LogP contribution in [0.25, 0.3) is 0 Å². The predicted molar refractivity (Wildman–Crippen MR) is 72.7 cm³/mol. The van der Waals surface area contributed by atoms with E-state index in [1.54, 1.807) is 11.0 Å². The molecule has 2 saturated heterocycles. The van der Waals surface area contributed by atoms with Crippen molar-refractivity contribution in [2.45, 2.75) is 38.3 Å². The molecule has 2 fully saturated rings. The maximum atomic E-state index is 12.4. The van der Waals surface area contributed by atoms with E-state index in [9.17, 15) is 9.59 Å². The number of aromatic nitrogens is 1. The normalized spacial score (nSPS) is 25.4. The van der Waals surface area contributed by atoms with Crippen LogP contribution in [-0.4, -0.2) is 53.7 Å². The van der Waals surface area contributed by atoms with Gasteiger partial charge < -0.3 is 19.5 Å². The predicted octanol–water partition coefficient (Wildman–Crippen LogP) is 0.357. The average molecular weight is 293 g/mol. The molecule has 1 aromatic rings. The molecule has 0 saturated carbocycles. The van der Waals surface area contributed by atoms with E-state index < -0.39 is 0 Å². The van der Waals surface area contributed by atoms with Crippen molar-refractivity contribution in [1.29, 1.82) is 0 Å². The Bertz CT molecular complexity index is 542. The summed E-state index contributed by atoms with van der Waals surface area (Å²) in [7, 11) is 0. The Morgan fingerprint density at radius 3 is 3.24 bits per heavy atom. The molecule has 2 amide bonds. The Labute approximate surface area is 122 Å². The molecule has 21 heavy (non-hydrogen) atoms. The highest BCUT2D eigenvalue weighted by Crippen LogP contribution is 2.19. The van der Waals surface area contributed by atoms with Gasteiger partial charge in [0.1, 0.15) is 12.4 Å². The third-order valence-corrected chi connectivity index (χ3v) is 3.89. The minimum atomic E-state index is -0.153. The van der Waals surface area contributed by atoms with Crippen LogP contribution >= 0.6 is 0 Å². The van der Waals surface area contributed by atoms with Gasteiger partial charge in [-0.25, -0.2) is 0 Å². The lowest BCUT2D eigenvalue weighted by molar-refractivity contribution is -0.139. The standard InChI is InChI=1S/C14H19N3O4/c1-2-3-9-6-10(16-21-9)14(19)17-5-4-12-11(7-17)15-13(18)8-20-12/h6,11-12H,2-5,7-8H2,1H3,(H,15,18)/t11-,12-/m0/s1. The summed E-state index contributed by atoms with van der Waals surface area (Å²) in [5.41, 5.74) is 0.333. The second kappa shape index (κ2) is 5.85. The Morgan fingerprint density at radius 2 is 2.43 bits per heavy atom. The van der Waals surface area contributed by atoms with E-state index in [0.29, 0.717) is 18.8 Å². The third-order valence-electron chi connectivity index (χ3n) is 3.89. The zero-order valence-electron chi connectivity index (χ0n) is 12.0. The minimum Gasteiger partial charge on any atom is -0.366 e. The number of carbonyl (C=O) groups excluding carboxylic acids is 2. The van der Waals surface area contributed by atoms with Crippen molar-refractivity contribution in [3.63, 3.8) is 0 Å². The SMILES string of the molecule is CCCc1cc(C(=O)N2CC[C@@H]3OCC(=O)N[C@H]3C2)no1. The van der Waals surface area contributed by atoms with Gasteiger partial charge in [-0.2, -0.15) is 0 Å². The zero-order valence-corrected chi connectivity index (χ0v) is 12.0. The smallest absolute Gasteiger partial charge is 0.276 e. The van der Waals surface area contributed by atoms with Crippen molar-refractivity contribution in [2.24, 2.45) is 0 Å². The van der Waals surface area contributed by atoms with Gasteiger partial charge in [0.2, 0.25) is 5.91 Å². The summed E-state index contributed by atoms with van der Waals surface area (Å²) in [4.78, 5) is 25.5. The molecule has 2 aliphatic rings. The highest BCUT2D eigenvalue weighted by Gasteiger charge is 2.37. The van der Waals surface area contributed by atoms with Crippen molar-refractivity contribution in [1.82, 2.24) is 15.4 Å². The molecule has 0 bridgehead atoms. The van der Waals surface area contributed by atoms with Crippen LogP contribution in [0.15, 0.2) is 10.6 Å². The van der Waals surface area contributed by atoms with Crippen LogP contribution in [0.4, 0.5) is 0 Å². The summed E-state index contributed by atoms with van der Waals surface area (Å²) in [6.07, 6.45) is 2.44. The second-order valence-electron chi connectivity index (χ2n) is 5.49. The Hall–Kier alpha value is -1.89. The van der Waals surface area contributed by atoms with Crippen molar-refractivity contribution in [2.75, 3.05) is 19.7 Å². The van der Waals surface area contributed by atoms with E-state index in [4.69, 9.17) is 9.26 Å². The first-order valence-electron chi connectivity index (χ1n) is 7.33. The number of ether oxygens (including phenoxy) is 1. The number of hydrogen-bond donors (Lipinski definition) is 1. The molecule has 3 rings (SSSR count). The lowest BCUT2D eigenvalue weighted by Crippen LogP contribution is -2.61. The molecule has 7 heteroatoms. The number of likely N-dealkylation sites (tertiary alicyclic amines) is 1. The van der Waals surface area contributed by atoms with Gasteiger partial charge in [0.15, 0.2) is 5.69 Å². The highest BCUT2D eigenvalue weighted by molar-refractivity contribution is 5.92. The van der Waals surface area contributed by atoms with E-state index in [0.717, 1.165) is 25.0 Å². The van der Waals surface area contributed by atoms with Crippen LogP contribution in [0.3, 0.4) is 0 Å². The van der Waals surface area contributed by atoms with Gasteiger partial charge in [-0.15, -0.1) is 0 Å². The number of hydrogen-bond acceptors (Lipinski definition) is 5. The van der Waals surface area contributed by atoms with Crippen molar-refractivity contribution in [3.8, 4) is 0 Å². The minimum absolute atomic E-state index is 0.000267. The van der Waals surface area contributed by atoms with Crippen LogP contribution in [0.1, 0.15) is 36.0 Å². The molecule has 0 spiro atoms. The summed E-state index contributed by atoms with van der Waals surface area (Å²) >= 11 is 0. The Kier molecular flexibility index (Phi) is 3.92. The number of carbonyl (C=O) groups is 2. The molecule has 1 N–H and O–H groups in total. The van der Waals surface area contributed by atoms with Gasteiger partial charge >= 0.3 is 0 Å². The molecule has 2 atom stereocenters. The summed E-state index contributed by atoms with van der Waals surface area (Å²) < 4.78 is 10.6. The highest BCUT2D eigenvalue weighted by atomic mass is 16.5. The summed E-state index contributed by atoms with van der Waals surface area (Å²) in [6, 6.07) is 1.57. The molecule has 7 nitrogen and oxygen atoms in total. The summed E-state index contributed by atoms with van der Waals surface area (Å²) in [5, 5.41) is 6.72. The Morgan fingerprint density at radius 1 is 1.57 bits per heavy atom. The first-order valence-corrected chi connectivity index (χ1v) is 7.33. The summed E-state index contributed by atoms with van der Waals surface area (Å²) in [5.74, 6) is 0.446. The van der Waals surface area contributed by atoms with Crippen LogP contribution < -0.4 is 5.32 Å². The topological polar surface area (TPSA) is 84.7 Å². The van der Waals surface area contributed by atoms with Gasteiger partial charge in [0.05, 0.1) is 12.1 Å². The van der Waals surface area contributed by atoms with E-state index in [1.807, 2.05) is 6.92 Å². The number of aryl methyl sites for hydroxylation is 1. The lowest BCUT2D eigenvalue weighted by atomic mass is 10.00. The van der Waals surface area contributed by atoms with E-state index in [-0.39, 0.29) is 30.6 Å². The summed E-state index contributed by atoms with van der Waals surface area (Å²) in [6.45, 7) is 3.20. The molecular formula is C14H19N3O4. The Balaban J connectivity index is 1.66. The first kappa shape index (κ1) is 14.1. The maximum Gasteiger partial charge on any atom is 0.276 e. The third kappa shape index (κ3) is 2.92. The van der Waals surface area contributed by atoms with Crippen molar-refractivity contribution >= 4 is 11.8 Å². The van der Waals surface area contributed by atoms with Crippen LogP contribution in [0.2, 0.25) is 0 Å². The number of fused-ring (bicyclic) bond motifs is 1. The van der Waals surface area contributed by atoms with Gasteiger partial charge in [0.25, 0.3) is 5.91 Å². The molecule has 114 valence electrons. The van der Waals surface area contributed by atoms with Gasteiger partial charge in [0, 0.05) is 25.6 Å². The fourth-order valence-electron chi connectivity index (χ4n) is 2.82. The number of morpholine rings is 1. The molecule has 2 aliphatic heterocycles. The quantitative estimate of drug-likeness (QED) is 0.869. The van der Waals surface area contributed by atoms with Gasteiger partial charge in [-0.3, -0.25) is 9.59 Å². The molecule has 3 heterocycles. The maximum absolute atomic E-state index is 12.4. The molecule has 0 unspecified atom stereocenters. The molecular weight excluding hydrogens is 274 g/mol. The van der Waals surface area contributed by atoms with Crippen molar-refractivity contribution < 1.29 is 18.8 Å². The molecule has 0 aromatic carbocycles. The number of rotatable bonds is 3. The largest absolute Gasteiger partial charge is 0.366 e. The monoisotopic (exact) mass is 293 g/mol. The number of nitrogens with one attached hydrogen (secondary N) is 1. The number of piperidine rings is 1. The first-order chi connectivity index (χ1) is 10.2. The van der Waals surface area contributed by atoms with Gasteiger partial charge in [-0.1, -0.05) is 12.1 Å². The lowest BCUT2D eigenvalue weighted by Gasteiger charge is -2.40.